The Morgan fingerprint density at radius 2 is 1.39 bits per heavy atom. The number of halogens is 3. The van der Waals surface area contributed by atoms with Crippen molar-refractivity contribution in [1.29, 1.82) is 0 Å². The van der Waals surface area contributed by atoms with E-state index in [0.29, 0.717) is 17.7 Å². The van der Waals surface area contributed by atoms with Gasteiger partial charge in [0.1, 0.15) is 10.7 Å². The first kappa shape index (κ1) is 40.8. The van der Waals surface area contributed by atoms with Crippen LogP contribution in [0.1, 0.15) is 62.4 Å². The molecule has 2 amide bonds. The molecule has 0 bridgehead atoms. The Balaban J connectivity index is 1.45. The number of nitrogens with one attached hydrogen (secondary N) is 1. The first-order chi connectivity index (χ1) is 25.4. The number of sulfonamides is 1. The second-order valence-corrected chi connectivity index (χ2v) is 17.7. The number of nitrogens with zero attached hydrogens (tertiary/aromatic N) is 2. The van der Waals surface area contributed by atoms with Crippen molar-refractivity contribution in [3.8, 4) is 16.9 Å². The lowest BCUT2D eigenvalue weighted by Crippen LogP contribution is -2.38. The Labute approximate surface area is 328 Å². The average Bonchev–Trinajstić information content (AvgIpc) is 3.10. The molecule has 0 atom stereocenters. The van der Waals surface area contributed by atoms with Gasteiger partial charge in [0.05, 0.1) is 5.02 Å². The number of phenolic OH excluding ortho intramolecular Hbond substituents is 1. The van der Waals surface area contributed by atoms with Gasteiger partial charge in [0.15, 0.2) is 5.75 Å². The van der Waals surface area contributed by atoms with Gasteiger partial charge in [0.2, 0.25) is 10.0 Å². The van der Waals surface area contributed by atoms with Crippen LogP contribution in [0.2, 0.25) is 10.0 Å². The summed E-state index contributed by atoms with van der Waals surface area (Å²) in [4.78, 5) is 15.3. The van der Waals surface area contributed by atoms with Gasteiger partial charge in [-0.3, -0.25) is 0 Å². The fourth-order valence-electron chi connectivity index (χ4n) is 6.31. The molecule has 0 fully saturated rings. The highest BCUT2D eigenvalue weighted by atomic mass is 35.5. The molecule has 0 aliphatic carbocycles. The molecule has 0 radical (unpaired) electrons. The summed E-state index contributed by atoms with van der Waals surface area (Å²) in [5.74, 6) is -0.743. The summed E-state index contributed by atoms with van der Waals surface area (Å²) < 4.78 is 43.4. The number of hydrogen-bond donors (Lipinski definition) is 2. The molecule has 0 saturated carbocycles. The van der Waals surface area contributed by atoms with Crippen LogP contribution in [-0.2, 0) is 35.1 Å². The molecule has 0 aliphatic rings. The quantitative estimate of drug-likeness (QED) is 0.132. The van der Waals surface area contributed by atoms with E-state index in [-0.39, 0.29) is 52.9 Å². The van der Waals surface area contributed by atoms with Crippen molar-refractivity contribution in [2.24, 2.45) is 5.92 Å². The predicted octanol–water partition coefficient (Wildman–Crippen LogP) is 11.2. The van der Waals surface area contributed by atoms with E-state index < -0.39 is 20.7 Å². The second-order valence-electron chi connectivity index (χ2n) is 15.0. The van der Waals surface area contributed by atoms with Crippen molar-refractivity contribution < 1.29 is 22.7 Å². The highest BCUT2D eigenvalue weighted by Gasteiger charge is 2.30. The van der Waals surface area contributed by atoms with Gasteiger partial charge in [-0.05, 0) is 81.5 Å². The molecule has 5 rings (SSSR count). The maximum Gasteiger partial charge on any atom is 0.322 e. The van der Waals surface area contributed by atoms with Gasteiger partial charge in [0, 0.05) is 36.9 Å². The maximum absolute atomic E-state index is 14.3. The Hall–Kier alpha value is -4.41. The summed E-state index contributed by atoms with van der Waals surface area (Å²) in [6.07, 6.45) is 0. The zero-order valence-electron chi connectivity index (χ0n) is 31.3. The predicted molar refractivity (Wildman–Crippen MR) is 217 cm³/mol. The number of benzene rings is 5. The SMILES string of the molecule is Cc1cccc(C(C)(C)C)c1NC(=O)N(Cc1cccc(CN(Cc2ccc(-c3ccc(F)cc3)cc2)S(=O)(=O)c2cc(Cl)cc(Cl)c2O)c1)CC(C)C. The van der Waals surface area contributed by atoms with Crippen molar-refractivity contribution in [3.05, 3.63) is 147 Å². The Morgan fingerprint density at radius 3 is 2.00 bits per heavy atom. The van der Waals surface area contributed by atoms with E-state index >= 15 is 0 Å². The first-order valence-corrected chi connectivity index (χ1v) is 19.9. The average molecular weight is 791 g/mol. The second kappa shape index (κ2) is 16.9. The number of amides is 2. The number of anilines is 1. The van der Waals surface area contributed by atoms with Gasteiger partial charge >= 0.3 is 6.03 Å². The molecule has 7 nitrogen and oxygen atoms in total. The number of hydrogen-bond acceptors (Lipinski definition) is 4. The molecule has 0 heterocycles. The van der Waals surface area contributed by atoms with Gasteiger partial charge in [-0.15, -0.1) is 0 Å². The number of aryl methyl sites for hydroxylation is 1. The Kier molecular flexibility index (Phi) is 12.8. The zero-order valence-corrected chi connectivity index (χ0v) is 33.7. The van der Waals surface area contributed by atoms with Crippen LogP contribution in [0, 0.1) is 18.7 Å². The van der Waals surface area contributed by atoms with Crippen molar-refractivity contribution in [1.82, 2.24) is 9.21 Å². The van der Waals surface area contributed by atoms with Crippen molar-refractivity contribution in [3.63, 3.8) is 0 Å². The van der Waals surface area contributed by atoms with Crippen LogP contribution in [0.4, 0.5) is 14.9 Å². The van der Waals surface area contributed by atoms with E-state index in [0.717, 1.165) is 33.5 Å². The zero-order chi connectivity index (χ0) is 39.4. The fraction of sp³-hybridized carbons (Fsp3) is 0.279. The molecule has 54 heavy (non-hydrogen) atoms. The van der Waals surface area contributed by atoms with E-state index in [1.807, 2.05) is 73.7 Å². The summed E-state index contributed by atoms with van der Waals surface area (Å²) in [6.45, 7) is 13.1. The van der Waals surface area contributed by atoms with E-state index in [9.17, 15) is 22.7 Å². The molecule has 0 aromatic heterocycles. The smallest absolute Gasteiger partial charge is 0.322 e. The third kappa shape index (κ3) is 10.0. The minimum absolute atomic E-state index is 0.0474. The molecule has 284 valence electrons. The first-order valence-electron chi connectivity index (χ1n) is 17.7. The Morgan fingerprint density at radius 1 is 0.815 bits per heavy atom. The topological polar surface area (TPSA) is 90.0 Å². The van der Waals surface area contributed by atoms with Crippen LogP contribution in [-0.4, -0.2) is 35.3 Å². The summed E-state index contributed by atoms with van der Waals surface area (Å²) in [5, 5.41) is 13.9. The van der Waals surface area contributed by atoms with Crippen LogP contribution >= 0.6 is 23.2 Å². The molecule has 0 aliphatic heterocycles. The molecular formula is C43H46Cl2FN3O4S. The van der Waals surface area contributed by atoms with Crippen molar-refractivity contribution in [2.75, 3.05) is 11.9 Å². The number of aromatic hydroxyl groups is 1. The molecule has 0 unspecified atom stereocenters. The van der Waals surface area contributed by atoms with Crippen molar-refractivity contribution >= 4 is 44.9 Å². The molecule has 5 aromatic carbocycles. The van der Waals surface area contributed by atoms with Crippen molar-refractivity contribution in [2.45, 2.75) is 71.5 Å². The number of carbonyl (C=O) groups is 1. The summed E-state index contributed by atoms with van der Waals surface area (Å²) in [7, 11) is -4.36. The fourth-order valence-corrected chi connectivity index (χ4v) is 8.47. The van der Waals surface area contributed by atoms with Gasteiger partial charge in [0.25, 0.3) is 0 Å². The van der Waals surface area contributed by atoms with E-state index in [2.05, 4.69) is 39.9 Å². The van der Waals surface area contributed by atoms with Gasteiger partial charge in [-0.2, -0.15) is 4.31 Å². The molecule has 5 aromatic rings. The Bertz CT molecular complexity index is 2220. The van der Waals surface area contributed by atoms with Crippen LogP contribution < -0.4 is 5.32 Å². The lowest BCUT2D eigenvalue weighted by Gasteiger charge is -2.29. The van der Waals surface area contributed by atoms with E-state index in [4.69, 9.17) is 23.2 Å². The van der Waals surface area contributed by atoms with E-state index in [1.54, 1.807) is 17.0 Å². The largest absolute Gasteiger partial charge is 0.505 e. The highest BCUT2D eigenvalue weighted by Crippen LogP contribution is 2.37. The number of urea groups is 1. The van der Waals surface area contributed by atoms with Gasteiger partial charge in [-0.25, -0.2) is 17.6 Å². The van der Waals surface area contributed by atoms with Gasteiger partial charge < -0.3 is 15.3 Å². The minimum Gasteiger partial charge on any atom is -0.505 e. The van der Waals surface area contributed by atoms with Gasteiger partial charge in [-0.1, -0.05) is 137 Å². The summed E-state index contributed by atoms with van der Waals surface area (Å²) in [5.41, 5.74) is 6.46. The summed E-state index contributed by atoms with van der Waals surface area (Å²) >= 11 is 12.4. The molecule has 2 N–H and O–H groups in total. The summed E-state index contributed by atoms with van der Waals surface area (Å²) in [6, 6.07) is 29.2. The molecule has 0 saturated heterocycles. The molecule has 11 heteroatoms. The molecule has 0 spiro atoms. The minimum atomic E-state index is -4.36. The normalized spacial score (nSPS) is 12.0. The number of phenols is 1. The van der Waals surface area contributed by atoms with E-state index in [1.165, 1.54) is 28.6 Å². The third-order valence-electron chi connectivity index (χ3n) is 9.01. The van der Waals surface area contributed by atoms with Crippen LogP contribution in [0.25, 0.3) is 11.1 Å². The standard InChI is InChI=1S/C43H46Cl2FN3O4S/c1-28(2)24-48(42(51)47-40-29(3)9-7-12-37(40)43(4,5)6)25-31-10-8-11-32(21-31)27-49(54(52,53)39-23-35(44)22-38(45)41(39)50)26-30-13-15-33(16-14-30)34-17-19-36(46)20-18-34/h7-23,28,50H,24-27H2,1-6H3,(H,47,51). The maximum atomic E-state index is 14.3. The lowest BCUT2D eigenvalue weighted by atomic mass is 9.84. The van der Waals surface area contributed by atoms with Crippen LogP contribution in [0.15, 0.2) is 108 Å². The number of para-hydroxylation sites is 1. The molecular weight excluding hydrogens is 744 g/mol. The number of rotatable bonds is 12. The lowest BCUT2D eigenvalue weighted by molar-refractivity contribution is 0.201. The third-order valence-corrected chi connectivity index (χ3v) is 11.3. The van der Waals surface area contributed by atoms with Crippen LogP contribution in [0.5, 0.6) is 5.75 Å². The van der Waals surface area contributed by atoms with Crippen LogP contribution in [0.3, 0.4) is 0 Å². The highest BCUT2D eigenvalue weighted by molar-refractivity contribution is 7.89. The number of carbonyl (C=O) groups excluding carboxylic acids is 1. The monoisotopic (exact) mass is 789 g/mol.